The van der Waals surface area contributed by atoms with Gasteiger partial charge in [-0.3, -0.25) is 9.48 Å². The number of carbonyl (C=O) groups excluding carboxylic acids is 1. The van der Waals surface area contributed by atoms with E-state index >= 15 is 0 Å². The molecule has 2 heterocycles. The lowest BCUT2D eigenvalue weighted by Crippen LogP contribution is -2.34. The molecule has 0 fully saturated rings. The molecule has 0 radical (unpaired) electrons. The monoisotopic (exact) mass is 297 g/mol. The van der Waals surface area contributed by atoms with E-state index in [0.29, 0.717) is 29.7 Å². The van der Waals surface area contributed by atoms with Crippen molar-refractivity contribution in [2.24, 2.45) is 0 Å². The number of likely N-dealkylation sites (N-methyl/N-ethyl adjacent to an activating group) is 1. The van der Waals surface area contributed by atoms with Gasteiger partial charge >= 0.3 is 0 Å². The third kappa shape index (κ3) is 3.36. The van der Waals surface area contributed by atoms with Gasteiger partial charge in [0.15, 0.2) is 5.82 Å². The van der Waals surface area contributed by atoms with Crippen LogP contribution in [-0.4, -0.2) is 44.3 Å². The zero-order valence-electron chi connectivity index (χ0n) is 11.6. The predicted octanol–water partition coefficient (Wildman–Crippen LogP) is 1.49. The molecular weight excluding hydrogens is 282 g/mol. The van der Waals surface area contributed by atoms with Gasteiger partial charge in [-0.25, -0.2) is 0 Å². The summed E-state index contributed by atoms with van der Waals surface area (Å²) < 4.78 is 6.42. The summed E-state index contributed by atoms with van der Waals surface area (Å²) in [6.45, 7) is 4.02. The molecule has 0 saturated heterocycles. The van der Waals surface area contributed by atoms with Gasteiger partial charge in [0, 0.05) is 33.1 Å². The van der Waals surface area contributed by atoms with E-state index in [1.54, 1.807) is 36.7 Å². The molecule has 2 rings (SSSR count). The smallest absolute Gasteiger partial charge is 0.246 e. The molecule has 2 aromatic heterocycles. The van der Waals surface area contributed by atoms with E-state index in [1.165, 1.54) is 6.20 Å². The Morgan fingerprint density at radius 3 is 2.90 bits per heavy atom. The van der Waals surface area contributed by atoms with Gasteiger partial charge < -0.3 is 9.42 Å². The molecule has 1 amide bonds. The lowest BCUT2D eigenvalue weighted by Gasteiger charge is -2.20. The number of aromatic nitrogens is 4. The maximum Gasteiger partial charge on any atom is 0.246 e. The Hall–Kier alpha value is -1.89. The first-order valence-electron chi connectivity index (χ1n) is 6.21. The molecule has 108 valence electrons. The highest BCUT2D eigenvalue weighted by Crippen LogP contribution is 2.13. The molecule has 0 N–H and O–H groups in total. The van der Waals surface area contributed by atoms with E-state index in [2.05, 4.69) is 15.2 Å². The van der Waals surface area contributed by atoms with Crippen LogP contribution in [0.25, 0.3) is 0 Å². The Labute approximate surface area is 121 Å². The predicted molar refractivity (Wildman–Crippen MR) is 72.3 cm³/mol. The second-order valence-electron chi connectivity index (χ2n) is 4.55. The molecular formula is C12H16ClN5O2. The quantitative estimate of drug-likeness (QED) is 0.835. The highest BCUT2D eigenvalue weighted by molar-refractivity contribution is 6.30. The largest absolute Gasteiger partial charge is 0.343 e. The molecule has 8 heteroatoms. The van der Waals surface area contributed by atoms with Gasteiger partial charge in [0.1, 0.15) is 6.04 Å². The second kappa shape index (κ2) is 6.04. The number of hydrogen-bond acceptors (Lipinski definition) is 5. The van der Waals surface area contributed by atoms with Crippen LogP contribution >= 0.6 is 11.6 Å². The van der Waals surface area contributed by atoms with E-state index in [-0.39, 0.29) is 5.91 Å². The molecule has 7 nitrogen and oxygen atoms in total. The SMILES string of the molecule is Cc1nc(CCN(C)C(=O)[C@@H](C)n2cc(Cl)cn2)no1. The summed E-state index contributed by atoms with van der Waals surface area (Å²) in [6, 6.07) is -0.403. The molecule has 0 bridgehead atoms. The van der Waals surface area contributed by atoms with E-state index in [4.69, 9.17) is 16.1 Å². The van der Waals surface area contributed by atoms with Crippen LogP contribution in [-0.2, 0) is 11.2 Å². The van der Waals surface area contributed by atoms with E-state index in [9.17, 15) is 4.79 Å². The van der Waals surface area contributed by atoms with Crippen LogP contribution in [0, 0.1) is 6.92 Å². The van der Waals surface area contributed by atoms with Crippen LogP contribution in [0.5, 0.6) is 0 Å². The molecule has 2 aromatic rings. The fourth-order valence-corrected chi connectivity index (χ4v) is 1.92. The maximum absolute atomic E-state index is 12.2. The maximum atomic E-state index is 12.2. The van der Waals surface area contributed by atoms with E-state index in [1.807, 2.05) is 0 Å². The summed E-state index contributed by atoms with van der Waals surface area (Å²) in [5, 5.41) is 8.34. The Morgan fingerprint density at radius 2 is 2.35 bits per heavy atom. The minimum Gasteiger partial charge on any atom is -0.343 e. The van der Waals surface area contributed by atoms with E-state index in [0.717, 1.165) is 0 Å². The highest BCUT2D eigenvalue weighted by atomic mass is 35.5. The molecule has 20 heavy (non-hydrogen) atoms. The van der Waals surface area contributed by atoms with Crippen LogP contribution in [0.2, 0.25) is 5.02 Å². The summed E-state index contributed by atoms with van der Waals surface area (Å²) in [5.74, 6) is 1.07. The van der Waals surface area contributed by atoms with Gasteiger partial charge in [-0.05, 0) is 6.92 Å². The van der Waals surface area contributed by atoms with Crippen molar-refractivity contribution < 1.29 is 9.32 Å². The number of halogens is 1. The van der Waals surface area contributed by atoms with Crippen molar-refractivity contribution in [3.63, 3.8) is 0 Å². The van der Waals surface area contributed by atoms with Crippen molar-refractivity contribution in [2.45, 2.75) is 26.3 Å². The van der Waals surface area contributed by atoms with Crippen molar-refractivity contribution in [3.05, 3.63) is 29.1 Å². The Balaban J connectivity index is 1.91. The second-order valence-corrected chi connectivity index (χ2v) is 4.99. The molecule has 1 atom stereocenters. The average Bonchev–Trinajstić information content (AvgIpc) is 3.03. The number of hydrogen-bond donors (Lipinski definition) is 0. The fourth-order valence-electron chi connectivity index (χ4n) is 1.78. The van der Waals surface area contributed by atoms with Crippen molar-refractivity contribution >= 4 is 17.5 Å². The summed E-state index contributed by atoms with van der Waals surface area (Å²) in [5.41, 5.74) is 0. The van der Waals surface area contributed by atoms with Gasteiger partial charge in [0.25, 0.3) is 0 Å². The minimum absolute atomic E-state index is 0.0509. The molecule has 0 aliphatic heterocycles. The van der Waals surface area contributed by atoms with Crippen LogP contribution < -0.4 is 0 Å². The Morgan fingerprint density at radius 1 is 1.60 bits per heavy atom. The lowest BCUT2D eigenvalue weighted by molar-refractivity contribution is -0.133. The van der Waals surface area contributed by atoms with Crippen molar-refractivity contribution in [2.75, 3.05) is 13.6 Å². The van der Waals surface area contributed by atoms with Gasteiger partial charge in [-0.15, -0.1) is 0 Å². The lowest BCUT2D eigenvalue weighted by atomic mass is 10.3. The van der Waals surface area contributed by atoms with Crippen molar-refractivity contribution in [1.82, 2.24) is 24.8 Å². The molecule has 0 aliphatic rings. The van der Waals surface area contributed by atoms with Crippen LogP contribution in [0.1, 0.15) is 24.7 Å². The standard InChI is InChI=1S/C12H16ClN5O2/c1-8(18-7-10(13)6-14-18)12(19)17(3)5-4-11-15-9(2)20-16-11/h6-8H,4-5H2,1-3H3/t8-/m1/s1. The van der Waals surface area contributed by atoms with Gasteiger partial charge in [-0.1, -0.05) is 16.8 Å². The Kier molecular flexibility index (Phi) is 4.39. The summed E-state index contributed by atoms with van der Waals surface area (Å²) in [4.78, 5) is 18.0. The molecule has 0 saturated carbocycles. The van der Waals surface area contributed by atoms with Gasteiger partial charge in [-0.2, -0.15) is 10.1 Å². The van der Waals surface area contributed by atoms with Crippen molar-refractivity contribution in [1.29, 1.82) is 0 Å². The number of amides is 1. The molecule has 0 spiro atoms. The Bertz CT molecular complexity index is 594. The third-order valence-corrected chi connectivity index (χ3v) is 3.14. The van der Waals surface area contributed by atoms with Crippen molar-refractivity contribution in [3.8, 4) is 0 Å². The number of rotatable bonds is 5. The normalized spacial score (nSPS) is 12.4. The number of aryl methyl sites for hydroxylation is 1. The van der Waals surface area contributed by atoms with Gasteiger partial charge in [0.05, 0.1) is 11.2 Å². The summed E-state index contributed by atoms with van der Waals surface area (Å²) in [6.07, 6.45) is 3.68. The van der Waals surface area contributed by atoms with Crippen LogP contribution in [0.4, 0.5) is 0 Å². The zero-order valence-corrected chi connectivity index (χ0v) is 12.3. The highest BCUT2D eigenvalue weighted by Gasteiger charge is 2.20. The minimum atomic E-state index is -0.403. The van der Waals surface area contributed by atoms with Crippen LogP contribution in [0.15, 0.2) is 16.9 Å². The third-order valence-electron chi connectivity index (χ3n) is 2.94. The van der Waals surface area contributed by atoms with E-state index < -0.39 is 6.04 Å². The summed E-state index contributed by atoms with van der Waals surface area (Å²) >= 11 is 5.80. The first-order chi connectivity index (χ1) is 9.47. The topological polar surface area (TPSA) is 77.1 Å². The zero-order chi connectivity index (χ0) is 14.7. The number of carbonyl (C=O) groups is 1. The van der Waals surface area contributed by atoms with Crippen LogP contribution in [0.3, 0.4) is 0 Å². The number of nitrogens with zero attached hydrogens (tertiary/aromatic N) is 5. The molecule has 0 unspecified atom stereocenters. The first-order valence-corrected chi connectivity index (χ1v) is 6.59. The summed E-state index contributed by atoms with van der Waals surface area (Å²) in [7, 11) is 1.73. The fraction of sp³-hybridized carbons (Fsp3) is 0.500. The first kappa shape index (κ1) is 14.5. The molecule has 0 aromatic carbocycles. The molecule has 0 aliphatic carbocycles. The van der Waals surface area contributed by atoms with Gasteiger partial charge in [0.2, 0.25) is 11.8 Å². The average molecular weight is 298 g/mol.